The van der Waals surface area contributed by atoms with Gasteiger partial charge in [-0.15, -0.1) is 0 Å². The van der Waals surface area contributed by atoms with Crippen molar-refractivity contribution < 1.29 is 14.3 Å². The summed E-state index contributed by atoms with van der Waals surface area (Å²) in [5.41, 5.74) is 2.68. The Bertz CT molecular complexity index is 922. The van der Waals surface area contributed by atoms with E-state index >= 15 is 0 Å². The van der Waals surface area contributed by atoms with Crippen molar-refractivity contribution in [2.24, 2.45) is 0 Å². The molecule has 3 rings (SSSR count). The molecule has 2 amide bonds. The molecule has 0 bridgehead atoms. The first-order chi connectivity index (χ1) is 13.1. The van der Waals surface area contributed by atoms with Gasteiger partial charge in [0.05, 0.1) is 0 Å². The number of ether oxygens (including phenoxy) is 1. The lowest BCUT2D eigenvalue weighted by atomic mass is 10.1. The second-order valence-electron chi connectivity index (χ2n) is 5.97. The van der Waals surface area contributed by atoms with Crippen LogP contribution in [0.3, 0.4) is 0 Å². The molecule has 0 fully saturated rings. The molecular formula is C22H20N2O3. The van der Waals surface area contributed by atoms with E-state index in [2.05, 4.69) is 10.6 Å². The normalized spacial score (nSPS) is 10.1. The molecule has 0 aliphatic carbocycles. The average molecular weight is 360 g/mol. The molecule has 5 heteroatoms. The second kappa shape index (κ2) is 8.67. The molecule has 0 unspecified atom stereocenters. The Morgan fingerprint density at radius 2 is 1.37 bits per heavy atom. The van der Waals surface area contributed by atoms with Crippen molar-refractivity contribution in [3.8, 4) is 5.75 Å². The van der Waals surface area contributed by atoms with Gasteiger partial charge in [-0.25, -0.2) is 0 Å². The number of hydrogen-bond donors (Lipinski definition) is 2. The molecule has 0 aliphatic rings. The van der Waals surface area contributed by atoms with E-state index in [-0.39, 0.29) is 11.8 Å². The number of hydrogen-bond acceptors (Lipinski definition) is 3. The fourth-order valence-electron chi connectivity index (χ4n) is 2.58. The first-order valence-electron chi connectivity index (χ1n) is 8.56. The van der Waals surface area contributed by atoms with E-state index in [0.29, 0.717) is 23.5 Å². The van der Waals surface area contributed by atoms with Crippen LogP contribution >= 0.6 is 0 Å². The summed E-state index contributed by atoms with van der Waals surface area (Å²) < 4.78 is 5.77. The van der Waals surface area contributed by atoms with Gasteiger partial charge in [-0.05, 0) is 42.5 Å². The third kappa shape index (κ3) is 5.19. The molecule has 3 aromatic carbocycles. The summed E-state index contributed by atoms with van der Waals surface area (Å²) in [5, 5.41) is 5.56. The summed E-state index contributed by atoms with van der Waals surface area (Å²) in [4.78, 5) is 23.7. The Kier molecular flexibility index (Phi) is 5.84. The van der Waals surface area contributed by atoms with Crippen LogP contribution in [0.4, 0.5) is 11.4 Å². The fraction of sp³-hybridized carbons (Fsp3) is 0.0909. The minimum Gasteiger partial charge on any atom is -0.489 e. The Morgan fingerprint density at radius 3 is 2.04 bits per heavy atom. The zero-order valence-electron chi connectivity index (χ0n) is 14.9. The van der Waals surface area contributed by atoms with E-state index in [1.807, 2.05) is 48.5 Å². The van der Waals surface area contributed by atoms with Gasteiger partial charge in [0.1, 0.15) is 12.4 Å². The lowest BCUT2D eigenvalue weighted by Gasteiger charge is -2.12. The van der Waals surface area contributed by atoms with Gasteiger partial charge in [-0.2, -0.15) is 0 Å². The van der Waals surface area contributed by atoms with Crippen LogP contribution < -0.4 is 15.4 Å². The molecule has 0 aromatic heterocycles. The van der Waals surface area contributed by atoms with Gasteiger partial charge in [0.2, 0.25) is 5.91 Å². The number of para-hydroxylation sites is 1. The number of carbonyl (C=O) groups is 2. The number of carbonyl (C=O) groups excluding carboxylic acids is 2. The quantitative estimate of drug-likeness (QED) is 0.681. The van der Waals surface area contributed by atoms with Crippen molar-refractivity contribution in [2.45, 2.75) is 13.5 Å². The zero-order valence-corrected chi connectivity index (χ0v) is 14.9. The Morgan fingerprint density at radius 1 is 0.778 bits per heavy atom. The Balaban J connectivity index is 1.68. The van der Waals surface area contributed by atoms with Gasteiger partial charge >= 0.3 is 0 Å². The third-order valence-electron chi connectivity index (χ3n) is 3.86. The summed E-state index contributed by atoms with van der Waals surface area (Å²) in [7, 11) is 0. The van der Waals surface area contributed by atoms with Crippen molar-refractivity contribution in [2.75, 3.05) is 10.6 Å². The summed E-state index contributed by atoms with van der Waals surface area (Å²) in [6, 6.07) is 23.8. The molecule has 5 nitrogen and oxygen atoms in total. The largest absolute Gasteiger partial charge is 0.489 e. The first-order valence-corrected chi connectivity index (χ1v) is 8.56. The highest BCUT2D eigenvalue weighted by Crippen LogP contribution is 2.18. The maximum atomic E-state index is 12.7. The highest BCUT2D eigenvalue weighted by atomic mass is 16.5. The zero-order chi connectivity index (χ0) is 19.1. The predicted molar refractivity (Wildman–Crippen MR) is 106 cm³/mol. The van der Waals surface area contributed by atoms with Crippen molar-refractivity contribution in [3.05, 3.63) is 90.0 Å². The van der Waals surface area contributed by atoms with E-state index < -0.39 is 0 Å². The van der Waals surface area contributed by atoms with E-state index in [1.165, 1.54) is 6.92 Å². The molecule has 2 N–H and O–H groups in total. The van der Waals surface area contributed by atoms with Crippen LogP contribution in [0.5, 0.6) is 5.75 Å². The van der Waals surface area contributed by atoms with E-state index in [1.54, 1.807) is 30.3 Å². The number of benzene rings is 3. The highest BCUT2D eigenvalue weighted by molar-refractivity contribution is 6.05. The van der Waals surface area contributed by atoms with Crippen LogP contribution in [-0.4, -0.2) is 11.8 Å². The average Bonchev–Trinajstić information content (AvgIpc) is 2.68. The Labute approximate surface area is 158 Å². The highest BCUT2D eigenvalue weighted by Gasteiger charge is 2.12. The molecule has 0 heterocycles. The van der Waals surface area contributed by atoms with E-state index in [0.717, 1.165) is 11.3 Å². The summed E-state index contributed by atoms with van der Waals surface area (Å²) in [6.07, 6.45) is 0. The maximum absolute atomic E-state index is 12.7. The smallest absolute Gasteiger partial charge is 0.256 e. The lowest BCUT2D eigenvalue weighted by molar-refractivity contribution is -0.114. The molecule has 0 spiro atoms. The van der Waals surface area contributed by atoms with Crippen molar-refractivity contribution in [1.29, 1.82) is 0 Å². The van der Waals surface area contributed by atoms with Crippen LogP contribution in [0.1, 0.15) is 22.8 Å². The van der Waals surface area contributed by atoms with Crippen LogP contribution in [0, 0.1) is 0 Å². The molecule has 3 aromatic rings. The molecule has 0 saturated heterocycles. The summed E-state index contributed by atoms with van der Waals surface area (Å²) in [6.45, 7) is 1.75. The van der Waals surface area contributed by atoms with Crippen molar-refractivity contribution >= 4 is 23.2 Å². The summed E-state index contributed by atoms with van der Waals surface area (Å²) >= 11 is 0. The SMILES string of the molecule is CC(=O)Nc1ccc(NC(=O)c2ccccc2COc2ccccc2)cc1. The first kappa shape index (κ1) is 18.2. The molecule has 0 saturated carbocycles. The minimum absolute atomic E-state index is 0.140. The number of amides is 2. The minimum atomic E-state index is -0.213. The predicted octanol–water partition coefficient (Wildman–Crippen LogP) is 4.48. The molecular weight excluding hydrogens is 340 g/mol. The maximum Gasteiger partial charge on any atom is 0.256 e. The second-order valence-corrected chi connectivity index (χ2v) is 5.97. The van der Waals surface area contributed by atoms with Gasteiger partial charge in [-0.3, -0.25) is 9.59 Å². The van der Waals surface area contributed by atoms with Crippen molar-refractivity contribution in [1.82, 2.24) is 0 Å². The number of rotatable bonds is 6. The van der Waals surface area contributed by atoms with Crippen LogP contribution in [0.15, 0.2) is 78.9 Å². The van der Waals surface area contributed by atoms with Gasteiger partial charge in [0.25, 0.3) is 5.91 Å². The van der Waals surface area contributed by atoms with Gasteiger partial charge in [-0.1, -0.05) is 36.4 Å². The van der Waals surface area contributed by atoms with Crippen LogP contribution in [0.25, 0.3) is 0 Å². The monoisotopic (exact) mass is 360 g/mol. The number of anilines is 2. The molecule has 136 valence electrons. The van der Waals surface area contributed by atoms with Gasteiger partial charge in [0.15, 0.2) is 0 Å². The van der Waals surface area contributed by atoms with Crippen molar-refractivity contribution in [3.63, 3.8) is 0 Å². The van der Waals surface area contributed by atoms with Crippen LogP contribution in [-0.2, 0) is 11.4 Å². The lowest BCUT2D eigenvalue weighted by Crippen LogP contribution is -2.15. The molecule has 27 heavy (non-hydrogen) atoms. The third-order valence-corrected chi connectivity index (χ3v) is 3.86. The fourth-order valence-corrected chi connectivity index (χ4v) is 2.58. The van der Waals surface area contributed by atoms with E-state index in [4.69, 9.17) is 4.74 Å². The topological polar surface area (TPSA) is 67.4 Å². The molecule has 0 atom stereocenters. The standard InChI is InChI=1S/C22H20N2O3/c1-16(25)23-18-11-13-19(14-12-18)24-22(26)21-10-6-5-7-17(21)15-27-20-8-3-2-4-9-20/h2-14H,15H2,1H3,(H,23,25)(H,24,26). The Hall–Kier alpha value is -3.60. The molecule has 0 radical (unpaired) electrons. The van der Waals surface area contributed by atoms with Gasteiger partial charge < -0.3 is 15.4 Å². The van der Waals surface area contributed by atoms with Gasteiger partial charge in [0, 0.05) is 29.4 Å². The van der Waals surface area contributed by atoms with E-state index in [9.17, 15) is 9.59 Å². The number of nitrogens with one attached hydrogen (secondary N) is 2. The molecule has 0 aliphatic heterocycles. The summed E-state index contributed by atoms with van der Waals surface area (Å²) in [5.74, 6) is 0.398. The van der Waals surface area contributed by atoms with Crippen LogP contribution in [0.2, 0.25) is 0 Å².